The Labute approximate surface area is 235 Å². The molecule has 2 aliphatic heterocycles. The predicted molar refractivity (Wildman–Crippen MR) is 151 cm³/mol. The maximum atomic E-state index is 14.0. The smallest absolute Gasteiger partial charge is 0.293 e. The Bertz CT molecular complexity index is 1530. The molecule has 10 heteroatoms. The van der Waals surface area contributed by atoms with Crippen molar-refractivity contribution in [2.75, 3.05) is 31.2 Å². The maximum absolute atomic E-state index is 14.0. The third-order valence-corrected chi connectivity index (χ3v) is 7.90. The molecule has 1 saturated heterocycles. The number of allylic oxidation sites excluding steroid dienone is 1. The van der Waals surface area contributed by atoms with Gasteiger partial charge in [0.25, 0.3) is 11.6 Å². The van der Waals surface area contributed by atoms with E-state index >= 15 is 0 Å². The number of halogens is 2. The van der Waals surface area contributed by atoms with Crippen molar-refractivity contribution < 1.29 is 23.2 Å². The zero-order chi connectivity index (χ0) is 28.5. The number of fused-ring (bicyclic) bond motifs is 1. The van der Waals surface area contributed by atoms with E-state index in [1.807, 2.05) is 11.0 Å². The number of nitro benzene ring substituents is 1. The van der Waals surface area contributed by atoms with Gasteiger partial charge in [-0.05, 0) is 78.4 Å². The summed E-state index contributed by atoms with van der Waals surface area (Å²) in [4.78, 5) is 27.5. The number of hydrogen-bond donors (Lipinski definition) is 0. The van der Waals surface area contributed by atoms with Crippen molar-refractivity contribution in [2.45, 2.75) is 25.3 Å². The van der Waals surface area contributed by atoms with Crippen molar-refractivity contribution in [3.63, 3.8) is 0 Å². The van der Waals surface area contributed by atoms with Crippen LogP contribution in [-0.4, -0.2) is 47.9 Å². The van der Waals surface area contributed by atoms with Gasteiger partial charge in [-0.15, -0.1) is 0 Å². The van der Waals surface area contributed by atoms with E-state index in [1.165, 1.54) is 35.3 Å². The van der Waals surface area contributed by atoms with Gasteiger partial charge in [-0.25, -0.2) is 13.8 Å². The standard InChI is InChI=1S/C31H28F2N4O4/c32-24-9-4-20(5-10-24)18-22-2-1-3-26-29(22)34-36(30(26)21-6-11-25(33)12-7-21)31(38)23-8-13-27(28(19-23)37(39)40)35-14-16-41-17-15-35/h4-13,18-19,26,30H,1-3,14-17H2/b22-18-/t26-,30+/m1/s1. The first kappa shape index (κ1) is 26.8. The van der Waals surface area contributed by atoms with Crippen LogP contribution in [0.25, 0.3) is 6.08 Å². The lowest BCUT2D eigenvalue weighted by molar-refractivity contribution is -0.384. The molecule has 0 unspecified atom stereocenters. The zero-order valence-electron chi connectivity index (χ0n) is 22.2. The predicted octanol–water partition coefficient (Wildman–Crippen LogP) is 6.15. The quantitative estimate of drug-likeness (QED) is 0.277. The second-order valence-electron chi connectivity index (χ2n) is 10.4. The molecule has 3 aliphatic rings. The number of carbonyl (C=O) groups is 1. The van der Waals surface area contributed by atoms with Crippen LogP contribution in [0.15, 0.2) is 77.4 Å². The topological polar surface area (TPSA) is 88.3 Å². The number of nitro groups is 1. The van der Waals surface area contributed by atoms with Crippen molar-refractivity contribution >= 4 is 29.1 Å². The molecule has 0 bridgehead atoms. The van der Waals surface area contributed by atoms with Crippen LogP contribution in [0.1, 0.15) is 46.8 Å². The highest BCUT2D eigenvalue weighted by molar-refractivity contribution is 6.09. The normalized spacial score (nSPS) is 21.5. The van der Waals surface area contributed by atoms with E-state index in [4.69, 9.17) is 9.84 Å². The summed E-state index contributed by atoms with van der Waals surface area (Å²) in [7, 11) is 0. The van der Waals surface area contributed by atoms with Gasteiger partial charge in [0.05, 0.1) is 29.9 Å². The Morgan fingerprint density at radius 3 is 2.37 bits per heavy atom. The van der Waals surface area contributed by atoms with Crippen LogP contribution >= 0.6 is 0 Å². The minimum Gasteiger partial charge on any atom is -0.378 e. The number of nitrogens with zero attached hydrogens (tertiary/aromatic N) is 4. The molecule has 1 saturated carbocycles. The van der Waals surface area contributed by atoms with E-state index in [-0.39, 0.29) is 28.8 Å². The SMILES string of the molecule is O=C(c1ccc(N2CCOCC2)c([N+](=O)[O-])c1)N1N=C2/C(=C\c3ccc(F)cc3)CCC[C@H]2[C@@H]1c1ccc(F)cc1. The van der Waals surface area contributed by atoms with Crippen molar-refractivity contribution in [3.8, 4) is 0 Å². The number of anilines is 1. The second-order valence-corrected chi connectivity index (χ2v) is 10.4. The summed E-state index contributed by atoms with van der Waals surface area (Å²) in [5.41, 5.74) is 3.68. The third-order valence-electron chi connectivity index (χ3n) is 7.90. The van der Waals surface area contributed by atoms with E-state index in [1.54, 1.807) is 36.4 Å². The molecular weight excluding hydrogens is 530 g/mol. The maximum Gasteiger partial charge on any atom is 0.293 e. The molecule has 210 valence electrons. The van der Waals surface area contributed by atoms with Crippen LogP contribution in [0.3, 0.4) is 0 Å². The summed E-state index contributed by atoms with van der Waals surface area (Å²) in [5.74, 6) is -1.33. The van der Waals surface area contributed by atoms with E-state index < -0.39 is 16.9 Å². The van der Waals surface area contributed by atoms with Crippen LogP contribution in [0.4, 0.5) is 20.2 Å². The lowest BCUT2D eigenvalue weighted by Gasteiger charge is -2.30. The van der Waals surface area contributed by atoms with E-state index in [2.05, 4.69) is 0 Å². The molecule has 2 atom stereocenters. The minimum absolute atomic E-state index is 0.146. The average molecular weight is 559 g/mol. The highest BCUT2D eigenvalue weighted by atomic mass is 19.1. The molecule has 1 aliphatic carbocycles. The fourth-order valence-corrected chi connectivity index (χ4v) is 5.93. The summed E-state index contributed by atoms with van der Waals surface area (Å²) >= 11 is 0. The highest BCUT2D eigenvalue weighted by Gasteiger charge is 2.44. The van der Waals surface area contributed by atoms with Crippen LogP contribution in [-0.2, 0) is 4.74 Å². The number of rotatable bonds is 5. The van der Waals surface area contributed by atoms with Gasteiger partial charge in [-0.1, -0.05) is 24.3 Å². The van der Waals surface area contributed by atoms with Gasteiger partial charge in [0, 0.05) is 30.6 Å². The molecule has 6 rings (SSSR count). The summed E-state index contributed by atoms with van der Waals surface area (Å²) < 4.78 is 32.7. The van der Waals surface area contributed by atoms with E-state index in [0.717, 1.165) is 41.7 Å². The number of hydrogen-bond acceptors (Lipinski definition) is 6. The van der Waals surface area contributed by atoms with Gasteiger partial charge in [-0.3, -0.25) is 14.9 Å². The molecule has 8 nitrogen and oxygen atoms in total. The average Bonchev–Trinajstić information content (AvgIpc) is 3.39. The molecule has 2 heterocycles. The van der Waals surface area contributed by atoms with Gasteiger partial charge >= 0.3 is 0 Å². The molecule has 3 aromatic carbocycles. The lowest BCUT2D eigenvalue weighted by Crippen LogP contribution is -2.36. The van der Waals surface area contributed by atoms with Crippen LogP contribution in [0.5, 0.6) is 0 Å². The summed E-state index contributed by atoms with van der Waals surface area (Å²) in [6, 6.07) is 16.2. The minimum atomic E-state index is -0.506. The van der Waals surface area contributed by atoms with Crippen LogP contribution < -0.4 is 4.90 Å². The molecule has 0 radical (unpaired) electrons. The largest absolute Gasteiger partial charge is 0.378 e. The van der Waals surface area contributed by atoms with E-state index in [0.29, 0.717) is 32.0 Å². The summed E-state index contributed by atoms with van der Waals surface area (Å²) in [6.45, 7) is 1.98. The second kappa shape index (κ2) is 11.2. The first-order valence-electron chi connectivity index (χ1n) is 13.6. The lowest BCUT2D eigenvalue weighted by atomic mass is 9.77. The molecule has 41 heavy (non-hydrogen) atoms. The van der Waals surface area contributed by atoms with E-state index in [9.17, 15) is 23.7 Å². The molecule has 1 amide bonds. The van der Waals surface area contributed by atoms with Gasteiger partial charge in [-0.2, -0.15) is 5.10 Å². The summed E-state index contributed by atoms with van der Waals surface area (Å²) in [6.07, 6.45) is 4.32. The first-order chi connectivity index (χ1) is 19.9. The Balaban J connectivity index is 1.40. The highest BCUT2D eigenvalue weighted by Crippen LogP contribution is 2.45. The Hall–Kier alpha value is -4.44. The number of benzene rings is 3. The molecule has 0 spiro atoms. The fraction of sp³-hybridized carbons (Fsp3) is 0.290. The number of ether oxygens (including phenoxy) is 1. The Morgan fingerprint density at radius 1 is 1.00 bits per heavy atom. The molecule has 2 fully saturated rings. The fourth-order valence-electron chi connectivity index (χ4n) is 5.93. The van der Waals surface area contributed by atoms with Gasteiger partial charge in [0.15, 0.2) is 0 Å². The zero-order valence-corrected chi connectivity index (χ0v) is 22.2. The molecule has 3 aromatic rings. The van der Waals surface area contributed by atoms with Gasteiger partial charge in [0.1, 0.15) is 17.3 Å². The van der Waals surface area contributed by atoms with Crippen LogP contribution in [0.2, 0.25) is 0 Å². The van der Waals surface area contributed by atoms with Crippen molar-refractivity contribution in [1.29, 1.82) is 0 Å². The monoisotopic (exact) mass is 558 g/mol. The van der Waals surface area contributed by atoms with Gasteiger partial charge < -0.3 is 9.64 Å². The van der Waals surface area contributed by atoms with Crippen LogP contribution in [0, 0.1) is 27.7 Å². The number of carbonyl (C=O) groups excluding carboxylic acids is 1. The van der Waals surface area contributed by atoms with Crippen molar-refractivity contribution in [3.05, 3.63) is 111 Å². The number of amides is 1. The third kappa shape index (κ3) is 5.35. The number of morpholine rings is 1. The molecular formula is C31H28F2N4O4. The molecule has 0 aromatic heterocycles. The molecule has 0 N–H and O–H groups in total. The van der Waals surface area contributed by atoms with Crippen molar-refractivity contribution in [2.24, 2.45) is 11.0 Å². The number of hydrazone groups is 1. The Morgan fingerprint density at radius 2 is 1.68 bits per heavy atom. The summed E-state index contributed by atoms with van der Waals surface area (Å²) in [5, 5.41) is 18.3. The first-order valence-corrected chi connectivity index (χ1v) is 13.6. The van der Waals surface area contributed by atoms with Crippen molar-refractivity contribution in [1.82, 2.24) is 5.01 Å². The van der Waals surface area contributed by atoms with Gasteiger partial charge in [0.2, 0.25) is 0 Å². The Kier molecular flexibility index (Phi) is 7.32.